The summed E-state index contributed by atoms with van der Waals surface area (Å²) in [5.41, 5.74) is 3.23. The van der Waals surface area contributed by atoms with Crippen LogP contribution in [0.5, 0.6) is 0 Å². The van der Waals surface area contributed by atoms with E-state index in [9.17, 15) is 4.79 Å². The highest BCUT2D eigenvalue weighted by molar-refractivity contribution is 8.04. The summed E-state index contributed by atoms with van der Waals surface area (Å²) in [6.45, 7) is 4.10. The highest BCUT2D eigenvalue weighted by atomic mass is 35.5. The van der Waals surface area contributed by atoms with E-state index in [-0.39, 0.29) is 5.91 Å². The molecule has 4 heterocycles. The van der Waals surface area contributed by atoms with Crippen molar-refractivity contribution in [2.45, 2.75) is 30.7 Å². The number of imidazole rings is 1. The van der Waals surface area contributed by atoms with Gasteiger partial charge >= 0.3 is 0 Å². The maximum Gasteiger partial charge on any atom is 0.258 e. The van der Waals surface area contributed by atoms with Crippen molar-refractivity contribution in [3.63, 3.8) is 0 Å². The number of hydrogen-bond donors (Lipinski definition) is 1. The summed E-state index contributed by atoms with van der Waals surface area (Å²) in [6.07, 6.45) is 8.30. The number of hydrogen-bond acceptors (Lipinski definition) is 4. The van der Waals surface area contributed by atoms with Crippen LogP contribution in [0.1, 0.15) is 30.5 Å². The van der Waals surface area contributed by atoms with Crippen molar-refractivity contribution in [3.05, 3.63) is 69.8 Å². The lowest BCUT2D eigenvalue weighted by atomic mass is 9.96. The number of thioether (sulfide) groups is 1. The van der Waals surface area contributed by atoms with Gasteiger partial charge in [0, 0.05) is 11.6 Å². The van der Waals surface area contributed by atoms with Crippen molar-refractivity contribution in [3.8, 4) is 0 Å². The van der Waals surface area contributed by atoms with Gasteiger partial charge in [0.25, 0.3) is 5.91 Å². The predicted molar refractivity (Wildman–Crippen MR) is 131 cm³/mol. The number of nitrogens with one attached hydrogen (secondary N) is 1. The highest BCUT2D eigenvalue weighted by Gasteiger charge is 2.23. The fourth-order valence-electron chi connectivity index (χ4n) is 4.49. The number of benzene rings is 1. The van der Waals surface area contributed by atoms with Crippen molar-refractivity contribution in [1.82, 2.24) is 19.6 Å². The zero-order chi connectivity index (χ0) is 21.9. The molecule has 5 rings (SSSR count). The summed E-state index contributed by atoms with van der Waals surface area (Å²) < 4.78 is 2.09. The number of pyridine rings is 1. The first-order valence-electron chi connectivity index (χ1n) is 11.3. The molecule has 1 amide bonds. The van der Waals surface area contributed by atoms with Crippen molar-refractivity contribution >= 4 is 41.0 Å². The summed E-state index contributed by atoms with van der Waals surface area (Å²) in [5, 5.41) is 5.01. The van der Waals surface area contributed by atoms with Crippen LogP contribution < -0.4 is 5.32 Å². The minimum atomic E-state index is 0.0184. The smallest absolute Gasteiger partial charge is 0.258 e. The molecule has 1 N–H and O–H groups in total. The molecule has 0 bridgehead atoms. The van der Waals surface area contributed by atoms with E-state index in [1.165, 1.54) is 17.3 Å². The first kappa shape index (κ1) is 21.6. The third-order valence-electron chi connectivity index (χ3n) is 6.35. The van der Waals surface area contributed by atoms with Gasteiger partial charge in [0.1, 0.15) is 5.65 Å². The van der Waals surface area contributed by atoms with Crippen LogP contribution in [-0.4, -0.2) is 46.4 Å². The van der Waals surface area contributed by atoms with Gasteiger partial charge < -0.3 is 10.2 Å². The SMILES string of the molecule is O=C(NCC1CCN(CCCc2ccc(Cl)cc2)CC1)C1=Cc2cnc3cccc(n23)S1. The number of amides is 1. The average molecular weight is 467 g/mol. The van der Waals surface area contributed by atoms with E-state index in [0.717, 1.165) is 78.2 Å². The first-order chi connectivity index (χ1) is 15.7. The normalized spacial score (nSPS) is 16.8. The van der Waals surface area contributed by atoms with E-state index in [2.05, 4.69) is 31.7 Å². The Bertz CT molecular complexity index is 1130. The average Bonchev–Trinajstić information content (AvgIpc) is 3.24. The van der Waals surface area contributed by atoms with Crippen molar-refractivity contribution < 1.29 is 4.79 Å². The third-order valence-corrected chi connectivity index (χ3v) is 7.65. The zero-order valence-corrected chi connectivity index (χ0v) is 19.5. The third kappa shape index (κ3) is 4.87. The molecule has 166 valence electrons. The van der Waals surface area contributed by atoms with Crippen LogP contribution in [-0.2, 0) is 11.2 Å². The van der Waals surface area contributed by atoms with Gasteiger partial charge in [-0.15, -0.1) is 0 Å². The number of likely N-dealkylation sites (tertiary alicyclic amines) is 1. The summed E-state index contributed by atoms with van der Waals surface area (Å²) >= 11 is 7.47. The molecule has 2 aliphatic rings. The Morgan fingerprint density at radius 3 is 2.78 bits per heavy atom. The number of piperidine rings is 1. The molecule has 0 spiro atoms. The van der Waals surface area contributed by atoms with Crippen molar-refractivity contribution in [2.24, 2.45) is 5.92 Å². The number of aromatic nitrogens is 2. The lowest BCUT2D eigenvalue weighted by Gasteiger charge is -2.32. The Morgan fingerprint density at radius 1 is 1.16 bits per heavy atom. The van der Waals surface area contributed by atoms with Gasteiger partial charge in [-0.05, 0) is 87.1 Å². The van der Waals surface area contributed by atoms with E-state index >= 15 is 0 Å². The quantitative estimate of drug-likeness (QED) is 0.538. The largest absolute Gasteiger partial charge is 0.351 e. The van der Waals surface area contributed by atoms with Gasteiger partial charge in [0.05, 0.1) is 21.8 Å². The second-order valence-electron chi connectivity index (χ2n) is 8.58. The summed E-state index contributed by atoms with van der Waals surface area (Å²) in [7, 11) is 0. The molecule has 0 unspecified atom stereocenters. The molecule has 1 aromatic carbocycles. The van der Waals surface area contributed by atoms with Gasteiger partial charge in [0.15, 0.2) is 0 Å². The second kappa shape index (κ2) is 9.69. The van der Waals surface area contributed by atoms with E-state index in [1.54, 1.807) is 0 Å². The van der Waals surface area contributed by atoms with E-state index in [0.29, 0.717) is 5.92 Å². The van der Waals surface area contributed by atoms with Gasteiger partial charge in [-0.1, -0.05) is 41.6 Å². The Labute approximate surface area is 197 Å². The van der Waals surface area contributed by atoms with Crippen LogP contribution in [0.25, 0.3) is 11.7 Å². The van der Waals surface area contributed by atoms with Crippen LogP contribution in [0.4, 0.5) is 0 Å². The molecular formula is C25H27ClN4OS. The van der Waals surface area contributed by atoms with Crippen LogP contribution in [0, 0.1) is 5.92 Å². The molecule has 1 saturated heterocycles. The van der Waals surface area contributed by atoms with Gasteiger partial charge in [-0.3, -0.25) is 9.20 Å². The Hall–Kier alpha value is -2.28. The molecule has 0 atom stereocenters. The fraction of sp³-hybridized carbons (Fsp3) is 0.360. The Balaban J connectivity index is 1.05. The Kier molecular flexibility index (Phi) is 6.53. The summed E-state index contributed by atoms with van der Waals surface area (Å²) in [5.74, 6) is 0.569. The predicted octanol–water partition coefficient (Wildman–Crippen LogP) is 4.90. The lowest BCUT2D eigenvalue weighted by Crippen LogP contribution is -2.39. The number of carbonyl (C=O) groups is 1. The molecule has 0 radical (unpaired) electrons. The Morgan fingerprint density at radius 2 is 1.97 bits per heavy atom. The number of rotatable bonds is 7. The second-order valence-corrected chi connectivity index (χ2v) is 10.1. The zero-order valence-electron chi connectivity index (χ0n) is 18.0. The van der Waals surface area contributed by atoms with Crippen LogP contribution in [0.15, 0.2) is 58.6 Å². The standard InChI is InChI=1S/C25H27ClN4OS/c26-20-8-6-18(7-9-20)3-2-12-29-13-10-19(11-14-29)16-28-25(31)22-15-21-17-27-23-4-1-5-24(32-22)30(21)23/h1,4-9,15,17,19H,2-3,10-14,16H2,(H,28,31). The maximum atomic E-state index is 12.8. The minimum absolute atomic E-state index is 0.0184. The van der Waals surface area contributed by atoms with Gasteiger partial charge in [-0.2, -0.15) is 0 Å². The van der Waals surface area contributed by atoms with Crippen LogP contribution >= 0.6 is 23.4 Å². The minimum Gasteiger partial charge on any atom is -0.351 e. The highest BCUT2D eigenvalue weighted by Crippen LogP contribution is 2.34. The molecule has 5 nitrogen and oxygen atoms in total. The molecule has 7 heteroatoms. The number of aryl methyl sites for hydroxylation is 1. The van der Waals surface area contributed by atoms with Crippen molar-refractivity contribution in [2.75, 3.05) is 26.2 Å². The first-order valence-corrected chi connectivity index (χ1v) is 12.5. The lowest BCUT2D eigenvalue weighted by molar-refractivity contribution is -0.117. The van der Waals surface area contributed by atoms with E-state index < -0.39 is 0 Å². The number of halogens is 1. The molecule has 2 aromatic heterocycles. The molecule has 1 fully saturated rings. The number of carbonyl (C=O) groups excluding carboxylic acids is 1. The molecule has 2 aliphatic heterocycles. The summed E-state index contributed by atoms with van der Waals surface area (Å²) in [6, 6.07) is 14.2. The monoisotopic (exact) mass is 466 g/mol. The summed E-state index contributed by atoms with van der Waals surface area (Å²) in [4.78, 5) is 20.5. The molecule has 0 aliphatic carbocycles. The maximum absolute atomic E-state index is 12.8. The molecule has 0 saturated carbocycles. The molecule has 32 heavy (non-hydrogen) atoms. The van der Waals surface area contributed by atoms with E-state index in [4.69, 9.17) is 11.6 Å². The van der Waals surface area contributed by atoms with Gasteiger partial charge in [0.2, 0.25) is 0 Å². The molecular weight excluding hydrogens is 440 g/mol. The van der Waals surface area contributed by atoms with Crippen LogP contribution in [0.2, 0.25) is 5.02 Å². The van der Waals surface area contributed by atoms with E-state index in [1.807, 2.05) is 42.6 Å². The van der Waals surface area contributed by atoms with Gasteiger partial charge in [-0.25, -0.2) is 4.98 Å². The van der Waals surface area contributed by atoms with Crippen LogP contribution in [0.3, 0.4) is 0 Å². The number of nitrogens with zero attached hydrogens (tertiary/aromatic N) is 3. The topological polar surface area (TPSA) is 49.6 Å². The molecule has 3 aromatic rings. The van der Waals surface area contributed by atoms with Crippen molar-refractivity contribution in [1.29, 1.82) is 0 Å². The fourth-order valence-corrected chi connectivity index (χ4v) is 5.63.